The molecule has 150 valence electrons. The Morgan fingerprint density at radius 2 is 1.50 bits per heavy atom. The summed E-state index contributed by atoms with van der Waals surface area (Å²) in [6, 6.07) is 7.46. The minimum Gasteiger partial charge on any atom is -0.0795 e. The van der Waals surface area contributed by atoms with Crippen molar-refractivity contribution >= 4 is 28.4 Å². The SMILES string of the molecule is C[Si]1(C)C2(C3CC4CC(C3)CC2(c2cccc3c2C=CC3)C4)[Si](C)(C)[Si]1(C)C. The van der Waals surface area contributed by atoms with Crippen molar-refractivity contribution in [2.75, 3.05) is 0 Å². The van der Waals surface area contributed by atoms with Crippen molar-refractivity contribution in [1.29, 1.82) is 0 Å². The van der Waals surface area contributed by atoms with Gasteiger partial charge in [0.05, 0.1) is 0 Å². The van der Waals surface area contributed by atoms with E-state index < -0.39 is 22.3 Å². The highest BCUT2D eigenvalue weighted by Gasteiger charge is 2.87. The lowest BCUT2D eigenvalue weighted by Gasteiger charge is -2.87. The van der Waals surface area contributed by atoms with Gasteiger partial charge in [0.15, 0.2) is 0 Å². The summed E-state index contributed by atoms with van der Waals surface area (Å²) >= 11 is 0. The van der Waals surface area contributed by atoms with Crippen LogP contribution in [0, 0.1) is 17.8 Å². The van der Waals surface area contributed by atoms with Crippen LogP contribution in [0.1, 0.15) is 48.8 Å². The zero-order chi connectivity index (χ0) is 19.7. The van der Waals surface area contributed by atoms with Crippen molar-refractivity contribution in [2.24, 2.45) is 17.8 Å². The number of rotatable bonds is 1. The van der Waals surface area contributed by atoms with Crippen LogP contribution in [-0.2, 0) is 11.8 Å². The maximum absolute atomic E-state index is 2.89. The molecule has 6 aliphatic rings. The standard InChI is InChI=1S/C25H38Si3/c1-26(2)25(27(3,4)28(26,5)6)21-14-18-13-19(15-21)17-24(25,16-18)23-12-8-10-20-9-7-11-22(20)23/h7-8,10-12,18-19,21H,9,13-17H2,1-6H3. The van der Waals surface area contributed by atoms with E-state index in [4.69, 9.17) is 0 Å². The number of hydrogen-bond donors (Lipinski definition) is 0. The summed E-state index contributed by atoms with van der Waals surface area (Å²) in [6.07, 6.45) is 14.0. The first-order valence-electron chi connectivity index (χ1n) is 11.9. The van der Waals surface area contributed by atoms with E-state index in [1.807, 2.05) is 5.56 Å². The predicted molar refractivity (Wildman–Crippen MR) is 130 cm³/mol. The molecule has 5 fully saturated rings. The highest BCUT2D eigenvalue weighted by atomic mass is 29.7. The number of hydrogen-bond acceptors (Lipinski definition) is 0. The third-order valence-corrected chi connectivity index (χ3v) is 61.6. The average Bonchev–Trinajstić information content (AvgIpc) is 3.08. The number of fused-ring (bicyclic) bond motifs is 1. The van der Waals surface area contributed by atoms with Crippen LogP contribution in [0.4, 0.5) is 0 Å². The van der Waals surface area contributed by atoms with E-state index in [1.165, 1.54) is 6.42 Å². The molecule has 1 aliphatic heterocycles. The van der Waals surface area contributed by atoms with Gasteiger partial charge in [-0.1, -0.05) is 69.6 Å². The zero-order valence-corrected chi connectivity index (χ0v) is 21.9. The van der Waals surface area contributed by atoms with Crippen molar-refractivity contribution in [2.45, 2.75) is 87.9 Å². The first kappa shape index (κ1) is 18.4. The molecule has 1 heterocycles. The highest BCUT2D eigenvalue weighted by Crippen LogP contribution is 2.84. The Hall–Kier alpha value is -0.389. The van der Waals surface area contributed by atoms with Crippen LogP contribution in [0.2, 0.25) is 43.9 Å². The fraction of sp³-hybridized carbons (Fsp3) is 0.680. The summed E-state index contributed by atoms with van der Waals surface area (Å²) in [5.74, 6) is 3.14. The second-order valence-electron chi connectivity index (χ2n) is 12.8. The second-order valence-corrected chi connectivity index (χ2v) is 41.1. The topological polar surface area (TPSA) is 0 Å². The predicted octanol–water partition coefficient (Wildman–Crippen LogP) is 6.91. The minimum atomic E-state index is -1.28. The molecule has 2 atom stereocenters. The molecule has 0 radical (unpaired) electrons. The summed E-state index contributed by atoms with van der Waals surface area (Å²) in [5, 5.41) is 0. The van der Waals surface area contributed by atoms with Gasteiger partial charge < -0.3 is 0 Å². The minimum absolute atomic E-state index is 0.537. The van der Waals surface area contributed by atoms with Crippen LogP contribution in [0.3, 0.4) is 0 Å². The van der Waals surface area contributed by atoms with Gasteiger partial charge in [-0.3, -0.25) is 0 Å². The van der Waals surface area contributed by atoms with Crippen molar-refractivity contribution in [3.8, 4) is 0 Å². The molecule has 1 aromatic rings. The number of benzene rings is 1. The molecular weight excluding hydrogens is 385 g/mol. The van der Waals surface area contributed by atoms with E-state index in [-0.39, 0.29) is 0 Å². The Labute approximate surface area is 174 Å². The molecule has 5 aliphatic carbocycles. The first-order valence-corrected chi connectivity index (χ1v) is 22.9. The molecule has 28 heavy (non-hydrogen) atoms. The molecule has 4 bridgehead atoms. The lowest BCUT2D eigenvalue weighted by Crippen LogP contribution is -2.97. The van der Waals surface area contributed by atoms with E-state index >= 15 is 0 Å². The Bertz CT molecular complexity index is 874. The first-order chi connectivity index (χ1) is 13.1. The fourth-order valence-corrected chi connectivity index (χ4v) is 65.1. The fourth-order valence-electron chi connectivity index (χ4n) is 10.9. The highest BCUT2D eigenvalue weighted by molar-refractivity contribution is 7.79. The smallest absolute Gasteiger partial charge is 0.0434 e. The van der Waals surface area contributed by atoms with Gasteiger partial charge in [-0.2, -0.15) is 0 Å². The van der Waals surface area contributed by atoms with Gasteiger partial charge in [0.2, 0.25) is 0 Å². The summed E-state index contributed by atoms with van der Waals surface area (Å²) < 4.78 is 0.766. The monoisotopic (exact) mass is 422 g/mol. The van der Waals surface area contributed by atoms with Crippen molar-refractivity contribution < 1.29 is 0 Å². The molecule has 4 saturated carbocycles. The van der Waals surface area contributed by atoms with Gasteiger partial charge in [0, 0.05) is 22.3 Å². The van der Waals surface area contributed by atoms with Crippen LogP contribution < -0.4 is 0 Å². The lowest BCUT2D eigenvalue weighted by molar-refractivity contribution is -0.0278. The molecule has 0 N–H and O–H groups in total. The van der Waals surface area contributed by atoms with E-state index in [2.05, 4.69) is 69.6 Å². The van der Waals surface area contributed by atoms with Gasteiger partial charge in [0.25, 0.3) is 0 Å². The van der Waals surface area contributed by atoms with Crippen molar-refractivity contribution in [1.82, 2.24) is 0 Å². The Morgan fingerprint density at radius 3 is 2.14 bits per heavy atom. The van der Waals surface area contributed by atoms with Gasteiger partial charge in [-0.25, -0.2) is 0 Å². The molecule has 1 saturated heterocycles. The third kappa shape index (κ3) is 1.60. The normalized spacial score (nSPS) is 41.9. The quantitative estimate of drug-likeness (QED) is 0.431. The van der Waals surface area contributed by atoms with Crippen LogP contribution in [0.25, 0.3) is 6.08 Å². The van der Waals surface area contributed by atoms with Crippen molar-refractivity contribution in [3.63, 3.8) is 0 Å². The maximum Gasteiger partial charge on any atom is 0.0434 e. The summed E-state index contributed by atoms with van der Waals surface area (Å²) in [4.78, 5) is 0. The molecule has 7 rings (SSSR count). The lowest BCUT2D eigenvalue weighted by atomic mass is 9.46. The van der Waals surface area contributed by atoms with Crippen LogP contribution in [0.5, 0.6) is 0 Å². The van der Waals surface area contributed by atoms with Gasteiger partial charge in [0.1, 0.15) is 0 Å². The summed E-state index contributed by atoms with van der Waals surface area (Å²) in [6.45, 7) is 17.2. The number of allylic oxidation sites excluding steroid dienone is 1. The Kier molecular flexibility index (Phi) is 3.34. The van der Waals surface area contributed by atoms with E-state index in [1.54, 1.807) is 43.2 Å². The van der Waals surface area contributed by atoms with E-state index in [0.29, 0.717) is 5.41 Å². The summed E-state index contributed by atoms with van der Waals surface area (Å²) in [5.41, 5.74) is 5.67. The van der Waals surface area contributed by atoms with E-state index in [0.717, 1.165) is 22.4 Å². The van der Waals surface area contributed by atoms with Gasteiger partial charge >= 0.3 is 0 Å². The average molecular weight is 423 g/mol. The largest absolute Gasteiger partial charge is 0.0795 e. The Balaban J connectivity index is 1.68. The summed E-state index contributed by atoms with van der Waals surface area (Å²) in [7, 11) is -3.64. The van der Waals surface area contributed by atoms with Gasteiger partial charge in [-0.15, -0.1) is 0 Å². The molecule has 3 heteroatoms. The molecule has 1 aromatic carbocycles. The molecular formula is C25H38Si3. The van der Waals surface area contributed by atoms with Crippen LogP contribution in [0.15, 0.2) is 24.3 Å². The molecule has 1 spiro atoms. The molecule has 0 amide bonds. The third-order valence-electron chi connectivity index (χ3n) is 12.0. The zero-order valence-electron chi connectivity index (χ0n) is 18.9. The van der Waals surface area contributed by atoms with Crippen LogP contribution in [-0.4, -0.2) is 22.3 Å². The maximum atomic E-state index is 2.89. The molecule has 0 aromatic heterocycles. The Morgan fingerprint density at radius 1 is 0.857 bits per heavy atom. The molecule has 2 unspecified atom stereocenters. The van der Waals surface area contributed by atoms with Crippen molar-refractivity contribution in [3.05, 3.63) is 41.0 Å². The van der Waals surface area contributed by atoms with Crippen LogP contribution >= 0.6 is 0 Å². The molecule has 0 nitrogen and oxygen atoms in total. The van der Waals surface area contributed by atoms with E-state index in [9.17, 15) is 0 Å². The van der Waals surface area contributed by atoms with Gasteiger partial charge in [-0.05, 0) is 83.0 Å². The second kappa shape index (κ2) is 5.08.